The minimum absolute atomic E-state index is 0.248. The van der Waals surface area contributed by atoms with Crippen molar-refractivity contribution >= 4 is 34.4 Å². The van der Waals surface area contributed by atoms with E-state index in [0.29, 0.717) is 39.5 Å². The zero-order valence-electron chi connectivity index (χ0n) is 14.7. The van der Waals surface area contributed by atoms with Crippen molar-refractivity contribution in [1.82, 2.24) is 10.1 Å². The highest BCUT2D eigenvalue weighted by atomic mass is 16.5. The SMILES string of the molecule is Cc1noc2nc(-c3ccco3)cc(C(=O)Nc3ccc(NC(N)=O)cc3)c12. The molecule has 4 N–H and O–H groups in total. The summed E-state index contributed by atoms with van der Waals surface area (Å²) in [6, 6.07) is 11.0. The van der Waals surface area contributed by atoms with Gasteiger partial charge in [-0.2, -0.15) is 0 Å². The molecule has 0 bridgehead atoms. The lowest BCUT2D eigenvalue weighted by atomic mass is 10.1. The Morgan fingerprint density at radius 3 is 2.43 bits per heavy atom. The van der Waals surface area contributed by atoms with E-state index in [1.54, 1.807) is 49.4 Å². The molecule has 3 heterocycles. The van der Waals surface area contributed by atoms with Gasteiger partial charge in [0.15, 0.2) is 5.76 Å². The smallest absolute Gasteiger partial charge is 0.316 e. The third kappa shape index (κ3) is 3.28. The van der Waals surface area contributed by atoms with Crippen LogP contribution in [0.25, 0.3) is 22.6 Å². The molecule has 9 heteroatoms. The largest absolute Gasteiger partial charge is 0.463 e. The van der Waals surface area contributed by atoms with Crippen molar-refractivity contribution in [2.45, 2.75) is 6.92 Å². The van der Waals surface area contributed by atoms with Gasteiger partial charge in [-0.1, -0.05) is 5.16 Å². The van der Waals surface area contributed by atoms with Gasteiger partial charge in [-0.05, 0) is 49.4 Å². The van der Waals surface area contributed by atoms with E-state index in [0.717, 1.165) is 0 Å². The molecule has 0 radical (unpaired) electrons. The van der Waals surface area contributed by atoms with Gasteiger partial charge >= 0.3 is 6.03 Å². The third-order valence-corrected chi connectivity index (χ3v) is 4.05. The number of hydrogen-bond donors (Lipinski definition) is 3. The average molecular weight is 377 g/mol. The number of fused-ring (bicyclic) bond motifs is 1. The molecule has 0 aliphatic heterocycles. The van der Waals surface area contributed by atoms with E-state index in [4.69, 9.17) is 14.7 Å². The summed E-state index contributed by atoms with van der Waals surface area (Å²) in [7, 11) is 0. The molecule has 3 amide bonds. The highest BCUT2D eigenvalue weighted by Crippen LogP contribution is 2.28. The van der Waals surface area contributed by atoms with Crippen molar-refractivity contribution in [2.24, 2.45) is 5.73 Å². The third-order valence-electron chi connectivity index (χ3n) is 4.05. The fourth-order valence-corrected chi connectivity index (χ4v) is 2.80. The first-order valence-electron chi connectivity index (χ1n) is 8.30. The number of nitrogens with two attached hydrogens (primary N) is 1. The van der Waals surface area contributed by atoms with E-state index in [1.807, 2.05) is 0 Å². The maximum atomic E-state index is 12.9. The number of nitrogens with zero attached hydrogens (tertiary/aromatic N) is 2. The predicted octanol–water partition coefficient (Wildman–Crippen LogP) is 3.53. The summed E-state index contributed by atoms with van der Waals surface area (Å²) in [6.45, 7) is 1.74. The van der Waals surface area contributed by atoms with Crippen LogP contribution < -0.4 is 16.4 Å². The maximum absolute atomic E-state index is 12.9. The highest BCUT2D eigenvalue weighted by molar-refractivity contribution is 6.13. The lowest BCUT2D eigenvalue weighted by Crippen LogP contribution is -2.19. The van der Waals surface area contributed by atoms with Crippen molar-refractivity contribution in [2.75, 3.05) is 10.6 Å². The topological polar surface area (TPSA) is 136 Å². The van der Waals surface area contributed by atoms with Crippen LogP contribution in [-0.4, -0.2) is 22.1 Å². The summed E-state index contributed by atoms with van der Waals surface area (Å²) in [4.78, 5) is 28.2. The number of carbonyl (C=O) groups is 2. The van der Waals surface area contributed by atoms with Gasteiger partial charge in [0.2, 0.25) is 0 Å². The molecule has 1 aromatic carbocycles. The van der Waals surface area contributed by atoms with Crippen LogP contribution in [0.1, 0.15) is 16.1 Å². The van der Waals surface area contributed by atoms with Crippen LogP contribution in [0.4, 0.5) is 16.2 Å². The van der Waals surface area contributed by atoms with Crippen LogP contribution in [0.15, 0.2) is 57.7 Å². The van der Waals surface area contributed by atoms with E-state index in [9.17, 15) is 9.59 Å². The number of amides is 3. The number of furan rings is 1. The Morgan fingerprint density at radius 2 is 1.79 bits per heavy atom. The second-order valence-electron chi connectivity index (χ2n) is 6.00. The summed E-state index contributed by atoms with van der Waals surface area (Å²) in [5, 5.41) is 9.70. The van der Waals surface area contributed by atoms with Gasteiger partial charge in [-0.25, -0.2) is 9.78 Å². The van der Waals surface area contributed by atoms with E-state index in [-0.39, 0.29) is 11.6 Å². The van der Waals surface area contributed by atoms with Crippen LogP contribution >= 0.6 is 0 Å². The summed E-state index contributed by atoms with van der Waals surface area (Å²) in [5.74, 6) is 0.147. The lowest BCUT2D eigenvalue weighted by molar-refractivity contribution is 0.102. The first kappa shape index (κ1) is 17.3. The van der Waals surface area contributed by atoms with Crippen molar-refractivity contribution < 1.29 is 18.5 Å². The molecule has 28 heavy (non-hydrogen) atoms. The zero-order chi connectivity index (χ0) is 19.7. The van der Waals surface area contributed by atoms with Gasteiger partial charge in [0, 0.05) is 11.4 Å². The number of aromatic nitrogens is 2. The van der Waals surface area contributed by atoms with Crippen LogP contribution in [0, 0.1) is 6.92 Å². The van der Waals surface area contributed by atoms with E-state index in [2.05, 4.69) is 20.8 Å². The van der Waals surface area contributed by atoms with Gasteiger partial charge in [0.25, 0.3) is 11.6 Å². The number of pyridine rings is 1. The average Bonchev–Trinajstić information content (AvgIpc) is 3.32. The molecule has 0 atom stereocenters. The molecular weight excluding hydrogens is 362 g/mol. The number of hydrogen-bond acceptors (Lipinski definition) is 6. The van der Waals surface area contributed by atoms with Gasteiger partial charge in [-0.3, -0.25) is 4.79 Å². The number of aryl methyl sites for hydroxylation is 1. The molecule has 0 fully saturated rings. The Balaban J connectivity index is 1.68. The van der Waals surface area contributed by atoms with Crippen molar-refractivity contribution in [3.05, 3.63) is 60.0 Å². The summed E-state index contributed by atoms with van der Waals surface area (Å²) >= 11 is 0. The molecule has 0 spiro atoms. The Morgan fingerprint density at radius 1 is 1.07 bits per heavy atom. The molecule has 0 saturated heterocycles. The molecule has 0 saturated carbocycles. The van der Waals surface area contributed by atoms with Crippen molar-refractivity contribution in [1.29, 1.82) is 0 Å². The predicted molar refractivity (Wildman–Crippen MR) is 102 cm³/mol. The van der Waals surface area contributed by atoms with Gasteiger partial charge in [0.1, 0.15) is 5.69 Å². The Kier molecular flexibility index (Phi) is 4.24. The normalized spacial score (nSPS) is 10.8. The number of primary amides is 1. The molecule has 140 valence electrons. The van der Waals surface area contributed by atoms with Crippen LogP contribution in [-0.2, 0) is 0 Å². The lowest BCUT2D eigenvalue weighted by Gasteiger charge is -2.08. The second kappa shape index (κ2) is 6.88. The maximum Gasteiger partial charge on any atom is 0.316 e. The first-order valence-corrected chi connectivity index (χ1v) is 8.30. The van der Waals surface area contributed by atoms with Crippen LogP contribution in [0.5, 0.6) is 0 Å². The Bertz CT molecular complexity index is 1160. The number of urea groups is 1. The van der Waals surface area contributed by atoms with Crippen LogP contribution in [0.2, 0.25) is 0 Å². The summed E-state index contributed by atoms with van der Waals surface area (Å²) < 4.78 is 10.6. The molecule has 4 aromatic rings. The standard InChI is InChI=1S/C19H15N5O4/c1-10-16-13(9-14(15-3-2-8-27-15)23-18(16)28-24-10)17(25)21-11-4-6-12(7-5-11)22-19(20)26/h2-9H,1H3,(H,21,25)(H3,20,22,26). The van der Waals surface area contributed by atoms with E-state index < -0.39 is 6.03 Å². The van der Waals surface area contributed by atoms with Gasteiger partial charge < -0.3 is 25.3 Å². The fourth-order valence-electron chi connectivity index (χ4n) is 2.80. The van der Waals surface area contributed by atoms with E-state index in [1.165, 1.54) is 6.26 Å². The van der Waals surface area contributed by atoms with E-state index >= 15 is 0 Å². The molecule has 9 nitrogen and oxygen atoms in total. The zero-order valence-corrected chi connectivity index (χ0v) is 14.7. The number of carbonyl (C=O) groups excluding carboxylic acids is 2. The fraction of sp³-hybridized carbons (Fsp3) is 0.0526. The van der Waals surface area contributed by atoms with Crippen molar-refractivity contribution in [3.63, 3.8) is 0 Å². The molecule has 0 aliphatic rings. The number of rotatable bonds is 4. The monoisotopic (exact) mass is 377 g/mol. The van der Waals surface area contributed by atoms with Crippen LogP contribution in [0.3, 0.4) is 0 Å². The highest BCUT2D eigenvalue weighted by Gasteiger charge is 2.20. The first-order chi connectivity index (χ1) is 13.5. The Labute approximate surface area is 158 Å². The van der Waals surface area contributed by atoms with Gasteiger partial charge in [-0.15, -0.1) is 0 Å². The summed E-state index contributed by atoms with van der Waals surface area (Å²) in [5.41, 5.74) is 7.76. The summed E-state index contributed by atoms with van der Waals surface area (Å²) in [6.07, 6.45) is 1.52. The Hall–Kier alpha value is -4.14. The molecule has 4 rings (SSSR count). The van der Waals surface area contributed by atoms with Crippen molar-refractivity contribution in [3.8, 4) is 11.5 Å². The molecular formula is C19H15N5O4. The molecule has 3 aromatic heterocycles. The van der Waals surface area contributed by atoms with Gasteiger partial charge in [0.05, 0.1) is 22.9 Å². The number of benzene rings is 1. The minimum Gasteiger partial charge on any atom is -0.463 e. The quantitative estimate of drug-likeness (QED) is 0.497. The minimum atomic E-state index is -0.663. The molecule has 0 unspecified atom stereocenters. The second-order valence-corrected chi connectivity index (χ2v) is 6.00. The molecule has 0 aliphatic carbocycles. The number of anilines is 2. The number of nitrogens with one attached hydrogen (secondary N) is 2.